The van der Waals surface area contributed by atoms with Crippen LogP contribution < -0.4 is 4.74 Å². The molecule has 3 nitrogen and oxygen atoms in total. The topological polar surface area (TPSA) is 37.9 Å². The maximum Gasteiger partial charge on any atom is 0.139 e. The van der Waals surface area contributed by atoms with Crippen LogP contribution >= 0.6 is 34.8 Å². The first-order chi connectivity index (χ1) is 6.65. The maximum atomic E-state index is 6.03. The summed E-state index contributed by atoms with van der Waals surface area (Å²) in [7, 11) is 1.51. The van der Waals surface area contributed by atoms with Gasteiger partial charge < -0.3 is 4.74 Å². The third-order valence-corrected chi connectivity index (χ3v) is 2.80. The molecule has 0 saturated heterocycles. The Balaban J connectivity index is 2.91. The second kappa shape index (κ2) is 3.50. The van der Waals surface area contributed by atoms with E-state index in [0.29, 0.717) is 31.9 Å². The van der Waals surface area contributed by atoms with Gasteiger partial charge in [0.05, 0.1) is 22.5 Å². The highest BCUT2D eigenvalue weighted by Gasteiger charge is 2.15. The number of halogens is 3. The summed E-state index contributed by atoms with van der Waals surface area (Å²) in [6, 6.07) is 1.60. The largest absolute Gasteiger partial charge is 0.495 e. The fraction of sp³-hybridized carbons (Fsp3) is 0.125. The fourth-order valence-corrected chi connectivity index (χ4v) is 2.04. The van der Waals surface area contributed by atoms with E-state index < -0.39 is 0 Å². The van der Waals surface area contributed by atoms with Crippen LogP contribution in [0, 0.1) is 0 Å². The minimum Gasteiger partial charge on any atom is -0.495 e. The number of nitrogens with one attached hydrogen (secondary N) is 1. The zero-order valence-electron chi connectivity index (χ0n) is 7.07. The summed E-state index contributed by atoms with van der Waals surface area (Å²) in [5, 5.41) is 8.32. The van der Waals surface area contributed by atoms with Crippen LogP contribution in [0.1, 0.15) is 0 Å². The first-order valence-electron chi connectivity index (χ1n) is 3.70. The molecule has 0 unspecified atom stereocenters. The predicted molar refractivity (Wildman–Crippen MR) is 57.7 cm³/mol. The first-order valence-corrected chi connectivity index (χ1v) is 4.84. The number of hydrogen-bond donors (Lipinski definition) is 1. The van der Waals surface area contributed by atoms with E-state index in [0.717, 1.165) is 0 Å². The average Bonchev–Trinajstić information content (AvgIpc) is 2.54. The first kappa shape index (κ1) is 9.90. The van der Waals surface area contributed by atoms with Gasteiger partial charge in [-0.3, -0.25) is 5.10 Å². The molecule has 0 spiro atoms. The molecule has 0 atom stereocenters. The second-order valence-corrected chi connectivity index (χ2v) is 3.80. The third-order valence-electron chi connectivity index (χ3n) is 1.86. The van der Waals surface area contributed by atoms with Crippen LogP contribution in [-0.4, -0.2) is 17.3 Å². The number of ether oxygens (including phenoxy) is 1. The zero-order valence-corrected chi connectivity index (χ0v) is 9.33. The average molecular weight is 252 g/mol. The van der Waals surface area contributed by atoms with Crippen LogP contribution in [0.3, 0.4) is 0 Å². The van der Waals surface area contributed by atoms with Crippen molar-refractivity contribution >= 4 is 45.7 Å². The van der Waals surface area contributed by atoms with Crippen LogP contribution in [0.2, 0.25) is 15.2 Å². The minimum atomic E-state index is 0.353. The Bertz CT molecular complexity index is 495. The smallest absolute Gasteiger partial charge is 0.139 e. The molecule has 1 aromatic heterocycles. The molecule has 1 heterocycles. The van der Waals surface area contributed by atoms with Gasteiger partial charge in [-0.05, 0) is 0 Å². The van der Waals surface area contributed by atoms with E-state index in [1.165, 1.54) is 7.11 Å². The van der Waals surface area contributed by atoms with Crippen LogP contribution in [-0.2, 0) is 0 Å². The van der Waals surface area contributed by atoms with Gasteiger partial charge in [-0.2, -0.15) is 5.10 Å². The molecular weight excluding hydrogens is 246 g/mol. The summed E-state index contributed by atoms with van der Waals surface area (Å²) in [4.78, 5) is 0. The van der Waals surface area contributed by atoms with E-state index in [9.17, 15) is 0 Å². The van der Waals surface area contributed by atoms with Crippen LogP contribution in [0.5, 0.6) is 5.75 Å². The van der Waals surface area contributed by atoms with E-state index >= 15 is 0 Å². The normalized spacial score (nSPS) is 10.9. The van der Waals surface area contributed by atoms with Gasteiger partial charge >= 0.3 is 0 Å². The van der Waals surface area contributed by atoms with Gasteiger partial charge in [0.25, 0.3) is 0 Å². The Morgan fingerprint density at radius 2 is 2.07 bits per heavy atom. The number of benzene rings is 1. The number of hydrogen-bond acceptors (Lipinski definition) is 2. The number of nitrogens with zero attached hydrogens (tertiary/aromatic N) is 1. The Kier molecular flexibility index (Phi) is 2.47. The number of aromatic amines is 1. The Morgan fingerprint density at radius 1 is 1.36 bits per heavy atom. The summed E-state index contributed by atoms with van der Waals surface area (Å²) in [6.45, 7) is 0. The fourth-order valence-electron chi connectivity index (χ4n) is 1.21. The summed E-state index contributed by atoms with van der Waals surface area (Å²) < 4.78 is 5.04. The van der Waals surface area contributed by atoms with E-state index in [-0.39, 0.29) is 0 Å². The molecule has 74 valence electrons. The van der Waals surface area contributed by atoms with Gasteiger partial charge in [0.2, 0.25) is 0 Å². The van der Waals surface area contributed by atoms with Crippen LogP contribution in [0.25, 0.3) is 10.9 Å². The molecular formula is C8H5Cl3N2O. The lowest BCUT2D eigenvalue weighted by Crippen LogP contribution is -1.85. The molecule has 0 aliphatic rings. The summed E-state index contributed by atoms with van der Waals surface area (Å²) in [6.07, 6.45) is 0. The number of rotatable bonds is 1. The second-order valence-electron chi connectivity index (χ2n) is 2.64. The lowest BCUT2D eigenvalue weighted by molar-refractivity contribution is 0.415. The van der Waals surface area contributed by atoms with Gasteiger partial charge in [0, 0.05) is 6.07 Å². The number of aromatic nitrogens is 2. The lowest BCUT2D eigenvalue weighted by atomic mass is 10.2. The molecule has 0 fully saturated rings. The predicted octanol–water partition coefficient (Wildman–Crippen LogP) is 3.53. The molecule has 14 heavy (non-hydrogen) atoms. The molecule has 0 aliphatic heterocycles. The van der Waals surface area contributed by atoms with E-state index in [4.69, 9.17) is 39.5 Å². The van der Waals surface area contributed by atoms with Gasteiger partial charge in [-0.25, -0.2) is 0 Å². The SMILES string of the molecule is COc1cc(Cl)c2n[nH]c(Cl)c2c1Cl. The monoisotopic (exact) mass is 250 g/mol. The maximum absolute atomic E-state index is 6.03. The van der Waals surface area contributed by atoms with Crippen molar-refractivity contribution in [3.8, 4) is 5.75 Å². The highest BCUT2D eigenvalue weighted by atomic mass is 35.5. The van der Waals surface area contributed by atoms with Gasteiger partial charge in [-0.15, -0.1) is 0 Å². The number of fused-ring (bicyclic) bond motifs is 1. The van der Waals surface area contributed by atoms with Crippen LogP contribution in [0.15, 0.2) is 6.07 Å². The van der Waals surface area contributed by atoms with E-state index in [1.807, 2.05) is 0 Å². The Morgan fingerprint density at radius 3 is 2.71 bits per heavy atom. The number of H-pyrrole nitrogens is 1. The van der Waals surface area contributed by atoms with Crippen molar-refractivity contribution in [1.82, 2.24) is 10.2 Å². The highest BCUT2D eigenvalue weighted by molar-refractivity contribution is 6.45. The molecule has 0 radical (unpaired) electrons. The van der Waals surface area contributed by atoms with Crippen LogP contribution in [0.4, 0.5) is 0 Å². The van der Waals surface area contributed by atoms with Gasteiger partial charge in [0.1, 0.15) is 16.4 Å². The molecule has 2 aromatic rings. The van der Waals surface area contributed by atoms with Crippen molar-refractivity contribution in [3.05, 3.63) is 21.3 Å². The number of methoxy groups -OCH3 is 1. The summed E-state index contributed by atoms with van der Waals surface area (Å²) >= 11 is 17.8. The summed E-state index contributed by atoms with van der Waals surface area (Å²) in [5.74, 6) is 0.479. The van der Waals surface area contributed by atoms with Gasteiger partial charge in [-0.1, -0.05) is 34.8 Å². The van der Waals surface area contributed by atoms with E-state index in [2.05, 4.69) is 10.2 Å². The molecule has 0 bridgehead atoms. The lowest BCUT2D eigenvalue weighted by Gasteiger charge is -2.04. The Labute approximate surface area is 94.9 Å². The third kappa shape index (κ3) is 1.32. The van der Waals surface area contributed by atoms with Crippen molar-refractivity contribution in [2.75, 3.05) is 7.11 Å². The molecule has 6 heteroatoms. The quantitative estimate of drug-likeness (QED) is 0.842. The molecule has 1 N–H and O–H groups in total. The Hall–Kier alpha value is -0.640. The van der Waals surface area contributed by atoms with Crippen molar-refractivity contribution in [2.45, 2.75) is 0 Å². The standard InChI is InChI=1S/C8H5Cl3N2O/c1-14-4-2-3(9)7-5(6(4)10)8(11)13-12-7/h2H,1H3,(H,12,13). The van der Waals surface area contributed by atoms with Gasteiger partial charge in [0.15, 0.2) is 0 Å². The molecule has 2 rings (SSSR count). The van der Waals surface area contributed by atoms with Crippen molar-refractivity contribution in [3.63, 3.8) is 0 Å². The zero-order chi connectivity index (χ0) is 10.3. The summed E-state index contributed by atoms with van der Waals surface area (Å²) in [5.41, 5.74) is 0.544. The van der Waals surface area contributed by atoms with Crippen molar-refractivity contribution in [1.29, 1.82) is 0 Å². The molecule has 1 aromatic carbocycles. The minimum absolute atomic E-state index is 0.353. The molecule has 0 saturated carbocycles. The van der Waals surface area contributed by atoms with E-state index in [1.54, 1.807) is 6.07 Å². The molecule has 0 aliphatic carbocycles. The highest BCUT2D eigenvalue weighted by Crippen LogP contribution is 2.39. The molecule has 0 amide bonds. The van der Waals surface area contributed by atoms with Crippen molar-refractivity contribution in [2.24, 2.45) is 0 Å². The van der Waals surface area contributed by atoms with Crippen molar-refractivity contribution < 1.29 is 4.74 Å².